The van der Waals surface area contributed by atoms with Gasteiger partial charge in [-0.05, 0) is 61.4 Å². The number of fused-ring (bicyclic) bond motifs is 1. The molecule has 6 nitrogen and oxygen atoms in total. The van der Waals surface area contributed by atoms with Crippen LogP contribution in [-0.2, 0) is 13.0 Å². The molecule has 1 N–H and O–H groups in total. The van der Waals surface area contributed by atoms with Crippen molar-refractivity contribution in [2.75, 3.05) is 20.3 Å². The van der Waals surface area contributed by atoms with Crippen molar-refractivity contribution < 1.29 is 14.3 Å². The number of para-hydroxylation sites is 4. The number of carbonyl (C=O) groups is 1. The minimum absolute atomic E-state index is 0.0800. The highest BCUT2D eigenvalue weighted by Gasteiger charge is 2.12. The van der Waals surface area contributed by atoms with E-state index >= 15 is 0 Å². The number of aromatic nitrogens is 2. The van der Waals surface area contributed by atoms with Crippen molar-refractivity contribution in [1.82, 2.24) is 14.9 Å². The van der Waals surface area contributed by atoms with Crippen LogP contribution in [0.3, 0.4) is 0 Å². The third kappa shape index (κ3) is 5.97. The van der Waals surface area contributed by atoms with Crippen LogP contribution < -0.4 is 14.8 Å². The number of benzene rings is 3. The fourth-order valence-corrected chi connectivity index (χ4v) is 4.11. The molecule has 0 saturated heterocycles. The van der Waals surface area contributed by atoms with Gasteiger partial charge in [-0.1, -0.05) is 40.2 Å². The lowest BCUT2D eigenvalue weighted by molar-refractivity contribution is 0.0954. The fourth-order valence-electron chi connectivity index (χ4n) is 3.85. The minimum atomic E-state index is -0.0800. The molecule has 0 bridgehead atoms. The van der Waals surface area contributed by atoms with E-state index in [0.717, 1.165) is 52.2 Å². The number of rotatable bonds is 11. The molecular weight excluding hydrogens is 494 g/mol. The van der Waals surface area contributed by atoms with Gasteiger partial charge in [0.1, 0.15) is 5.82 Å². The molecule has 3 aromatic carbocycles. The summed E-state index contributed by atoms with van der Waals surface area (Å²) in [4.78, 5) is 17.3. The molecule has 34 heavy (non-hydrogen) atoms. The molecule has 0 saturated carbocycles. The topological polar surface area (TPSA) is 65.4 Å². The molecular formula is C27H28BrN3O3. The third-order valence-corrected chi connectivity index (χ3v) is 6.11. The number of hydrogen-bond acceptors (Lipinski definition) is 4. The number of halogens is 1. The Labute approximate surface area is 208 Å². The Morgan fingerprint density at radius 3 is 2.50 bits per heavy atom. The average molecular weight is 522 g/mol. The Kier molecular flexibility index (Phi) is 8.20. The predicted octanol–water partition coefficient (Wildman–Crippen LogP) is 5.64. The zero-order valence-electron chi connectivity index (χ0n) is 19.2. The van der Waals surface area contributed by atoms with Crippen molar-refractivity contribution in [2.24, 2.45) is 0 Å². The number of imidazole rings is 1. The Balaban J connectivity index is 1.33. The number of amides is 1. The molecule has 0 spiro atoms. The lowest BCUT2D eigenvalue weighted by Crippen LogP contribution is -2.26. The summed E-state index contributed by atoms with van der Waals surface area (Å²) in [5.41, 5.74) is 2.73. The summed E-state index contributed by atoms with van der Waals surface area (Å²) in [5, 5.41) is 3.00. The maximum atomic E-state index is 12.4. The monoisotopic (exact) mass is 521 g/mol. The third-order valence-electron chi connectivity index (χ3n) is 5.58. The molecule has 0 aliphatic carbocycles. The number of hydrogen-bond donors (Lipinski definition) is 1. The Morgan fingerprint density at radius 2 is 1.71 bits per heavy atom. The van der Waals surface area contributed by atoms with Gasteiger partial charge in [-0.3, -0.25) is 4.79 Å². The first-order valence-corrected chi connectivity index (χ1v) is 12.2. The van der Waals surface area contributed by atoms with E-state index < -0.39 is 0 Å². The first kappa shape index (κ1) is 23.8. The van der Waals surface area contributed by atoms with Crippen LogP contribution in [0.4, 0.5) is 0 Å². The van der Waals surface area contributed by atoms with Crippen LogP contribution >= 0.6 is 15.9 Å². The number of ether oxygens (including phenoxy) is 2. The van der Waals surface area contributed by atoms with E-state index in [9.17, 15) is 4.79 Å². The zero-order valence-corrected chi connectivity index (χ0v) is 20.8. The van der Waals surface area contributed by atoms with Crippen molar-refractivity contribution in [3.63, 3.8) is 0 Å². The quantitative estimate of drug-likeness (QED) is 0.259. The summed E-state index contributed by atoms with van der Waals surface area (Å²) in [5.74, 6) is 2.41. The lowest BCUT2D eigenvalue weighted by Gasteiger charge is -2.12. The molecule has 4 rings (SSSR count). The van der Waals surface area contributed by atoms with E-state index in [0.29, 0.717) is 25.1 Å². The Morgan fingerprint density at radius 1 is 0.971 bits per heavy atom. The number of aryl methyl sites for hydroxylation is 1. The first-order valence-electron chi connectivity index (χ1n) is 11.4. The van der Waals surface area contributed by atoms with Crippen molar-refractivity contribution in [2.45, 2.75) is 25.8 Å². The highest BCUT2D eigenvalue weighted by molar-refractivity contribution is 9.10. The van der Waals surface area contributed by atoms with E-state index in [2.05, 4.69) is 31.9 Å². The molecule has 1 heterocycles. The van der Waals surface area contributed by atoms with Crippen LogP contribution in [0.25, 0.3) is 11.0 Å². The van der Waals surface area contributed by atoms with Crippen LogP contribution in [0.15, 0.2) is 77.3 Å². The van der Waals surface area contributed by atoms with E-state index in [1.165, 1.54) is 0 Å². The molecule has 0 atom stereocenters. The Bertz CT molecular complexity index is 1240. The van der Waals surface area contributed by atoms with Crippen LogP contribution in [0.5, 0.6) is 11.5 Å². The van der Waals surface area contributed by atoms with Crippen LogP contribution in [-0.4, -0.2) is 35.7 Å². The van der Waals surface area contributed by atoms with E-state index in [4.69, 9.17) is 14.5 Å². The number of unbranched alkanes of at least 4 members (excludes halogenated alkanes) is 1. The molecule has 1 amide bonds. The molecule has 1 aromatic heterocycles. The van der Waals surface area contributed by atoms with Gasteiger partial charge in [0.15, 0.2) is 11.5 Å². The van der Waals surface area contributed by atoms with E-state index in [1.54, 1.807) is 7.11 Å². The average Bonchev–Trinajstić information content (AvgIpc) is 3.21. The van der Waals surface area contributed by atoms with Gasteiger partial charge in [0.05, 0.1) is 24.8 Å². The molecule has 0 aliphatic heterocycles. The zero-order chi connectivity index (χ0) is 23.8. The number of nitrogens with one attached hydrogen (secondary N) is 1. The standard InChI is InChI=1S/C27H28BrN3O3/c1-33-24-10-4-5-11-25(24)34-19-7-6-18-31-23-9-3-2-8-22(23)30-26(31)16-17-29-27(32)20-12-14-21(28)15-13-20/h2-5,8-15H,6-7,16-19H2,1H3,(H,29,32). The van der Waals surface area contributed by atoms with Gasteiger partial charge in [0, 0.05) is 29.5 Å². The fraction of sp³-hybridized carbons (Fsp3) is 0.259. The summed E-state index contributed by atoms with van der Waals surface area (Å²) < 4.78 is 14.5. The summed E-state index contributed by atoms with van der Waals surface area (Å²) in [7, 11) is 1.65. The second-order valence-corrected chi connectivity index (χ2v) is 8.80. The summed E-state index contributed by atoms with van der Waals surface area (Å²) in [6.07, 6.45) is 2.52. The van der Waals surface area contributed by atoms with E-state index in [1.807, 2.05) is 66.7 Å². The molecule has 4 aromatic rings. The van der Waals surface area contributed by atoms with E-state index in [-0.39, 0.29) is 5.91 Å². The number of carbonyl (C=O) groups excluding carboxylic acids is 1. The van der Waals surface area contributed by atoms with Crippen molar-refractivity contribution in [3.05, 3.63) is 88.7 Å². The molecule has 0 unspecified atom stereocenters. The minimum Gasteiger partial charge on any atom is -0.493 e. The smallest absolute Gasteiger partial charge is 0.251 e. The molecule has 176 valence electrons. The molecule has 0 fully saturated rings. The normalized spacial score (nSPS) is 10.9. The van der Waals surface area contributed by atoms with Gasteiger partial charge >= 0.3 is 0 Å². The van der Waals surface area contributed by atoms with Crippen LogP contribution in [0.1, 0.15) is 29.0 Å². The van der Waals surface area contributed by atoms with Crippen molar-refractivity contribution in [3.8, 4) is 11.5 Å². The Hall–Kier alpha value is -3.32. The maximum absolute atomic E-state index is 12.4. The summed E-state index contributed by atoms with van der Waals surface area (Å²) >= 11 is 3.39. The summed E-state index contributed by atoms with van der Waals surface area (Å²) in [6.45, 7) is 1.98. The van der Waals surface area contributed by atoms with Gasteiger partial charge in [-0.15, -0.1) is 0 Å². The highest BCUT2D eigenvalue weighted by Crippen LogP contribution is 2.26. The van der Waals surface area contributed by atoms with Crippen molar-refractivity contribution >= 4 is 32.9 Å². The van der Waals surface area contributed by atoms with Crippen molar-refractivity contribution in [1.29, 1.82) is 0 Å². The molecule has 0 radical (unpaired) electrons. The van der Waals surface area contributed by atoms with Crippen LogP contribution in [0, 0.1) is 0 Å². The lowest BCUT2D eigenvalue weighted by atomic mass is 10.2. The van der Waals surface area contributed by atoms with Gasteiger partial charge in [0.2, 0.25) is 0 Å². The highest BCUT2D eigenvalue weighted by atomic mass is 79.9. The molecule has 7 heteroatoms. The largest absolute Gasteiger partial charge is 0.493 e. The van der Waals surface area contributed by atoms with Crippen LogP contribution in [0.2, 0.25) is 0 Å². The maximum Gasteiger partial charge on any atom is 0.251 e. The summed E-state index contributed by atoms with van der Waals surface area (Å²) in [6, 6.07) is 23.2. The molecule has 0 aliphatic rings. The SMILES string of the molecule is COc1ccccc1OCCCCn1c(CCNC(=O)c2ccc(Br)cc2)nc2ccccc21. The van der Waals surface area contributed by atoms with Gasteiger partial charge < -0.3 is 19.4 Å². The first-order chi connectivity index (χ1) is 16.7. The van der Waals surface area contributed by atoms with Gasteiger partial charge in [-0.25, -0.2) is 4.98 Å². The predicted molar refractivity (Wildman–Crippen MR) is 138 cm³/mol. The second-order valence-electron chi connectivity index (χ2n) is 7.89. The number of nitrogens with zero attached hydrogens (tertiary/aromatic N) is 2. The van der Waals surface area contributed by atoms with Gasteiger partial charge in [0.25, 0.3) is 5.91 Å². The van der Waals surface area contributed by atoms with Gasteiger partial charge in [-0.2, -0.15) is 0 Å². The second kappa shape index (κ2) is 11.7. The number of methoxy groups -OCH3 is 1.